The van der Waals surface area contributed by atoms with Crippen molar-refractivity contribution in [2.45, 2.75) is 0 Å². The van der Waals surface area contributed by atoms with Crippen molar-refractivity contribution in [3.63, 3.8) is 0 Å². The highest BCUT2D eigenvalue weighted by atomic mass is 32.2. The lowest BCUT2D eigenvalue weighted by Crippen LogP contribution is -2.28. The van der Waals surface area contributed by atoms with E-state index in [1.54, 1.807) is 6.07 Å². The van der Waals surface area contributed by atoms with Crippen LogP contribution in [0.15, 0.2) is 30.2 Å². The van der Waals surface area contributed by atoms with Gasteiger partial charge in [0.05, 0.1) is 18.6 Å². The monoisotopic (exact) mass is 284 g/mol. The largest absolute Gasteiger partial charge is 0.495 e. The SMILES string of the molecule is C=CS(=O)(=O)CCNC(=O)c1ccc(N)c(OC)c1. The maximum Gasteiger partial charge on any atom is 0.251 e. The average Bonchev–Trinajstić information content (AvgIpc) is 2.39. The number of nitrogens with one attached hydrogen (secondary N) is 1. The number of hydrogen-bond acceptors (Lipinski definition) is 5. The molecule has 1 amide bonds. The van der Waals surface area contributed by atoms with Crippen LogP contribution in [0, 0.1) is 0 Å². The standard InChI is InChI=1S/C12H16N2O4S/c1-3-19(16,17)7-6-14-12(15)9-4-5-10(13)11(8-9)18-2/h3-5,8H,1,6-7,13H2,2H3,(H,14,15). The Hall–Kier alpha value is -2.02. The number of rotatable bonds is 6. The summed E-state index contributed by atoms with van der Waals surface area (Å²) in [4.78, 5) is 11.8. The Morgan fingerprint density at radius 2 is 2.21 bits per heavy atom. The Morgan fingerprint density at radius 3 is 2.79 bits per heavy atom. The summed E-state index contributed by atoms with van der Waals surface area (Å²) in [5.74, 6) is -0.183. The van der Waals surface area contributed by atoms with E-state index in [0.29, 0.717) is 17.0 Å². The normalized spacial score (nSPS) is 10.8. The predicted molar refractivity (Wildman–Crippen MR) is 73.7 cm³/mol. The molecular weight excluding hydrogens is 268 g/mol. The van der Waals surface area contributed by atoms with Crippen LogP contribution in [0.4, 0.5) is 5.69 Å². The number of carbonyl (C=O) groups is 1. The smallest absolute Gasteiger partial charge is 0.251 e. The number of nitrogens with two attached hydrogens (primary N) is 1. The van der Waals surface area contributed by atoms with Gasteiger partial charge >= 0.3 is 0 Å². The second kappa shape index (κ2) is 6.24. The molecule has 0 aliphatic rings. The van der Waals surface area contributed by atoms with E-state index in [1.807, 2.05) is 0 Å². The molecule has 3 N–H and O–H groups in total. The van der Waals surface area contributed by atoms with Crippen molar-refractivity contribution in [1.82, 2.24) is 5.32 Å². The van der Waals surface area contributed by atoms with Gasteiger partial charge in [-0.3, -0.25) is 4.79 Å². The topological polar surface area (TPSA) is 98.5 Å². The minimum absolute atomic E-state index is 0.0138. The van der Waals surface area contributed by atoms with E-state index < -0.39 is 15.7 Å². The van der Waals surface area contributed by atoms with Gasteiger partial charge in [0.1, 0.15) is 5.75 Å². The molecule has 1 aromatic rings. The summed E-state index contributed by atoms with van der Waals surface area (Å²) in [6.45, 7) is 3.20. The molecule has 0 bridgehead atoms. The fraction of sp³-hybridized carbons (Fsp3) is 0.250. The quantitative estimate of drug-likeness (QED) is 0.744. The predicted octanol–water partition coefficient (Wildman–Crippen LogP) is 0.566. The zero-order valence-corrected chi connectivity index (χ0v) is 11.4. The van der Waals surface area contributed by atoms with Gasteiger partial charge in [0, 0.05) is 17.5 Å². The molecular formula is C12H16N2O4S. The molecule has 0 saturated carbocycles. The molecule has 7 heteroatoms. The van der Waals surface area contributed by atoms with Gasteiger partial charge in [-0.25, -0.2) is 8.42 Å². The van der Waals surface area contributed by atoms with Crippen molar-refractivity contribution in [3.8, 4) is 5.75 Å². The van der Waals surface area contributed by atoms with Crippen molar-refractivity contribution >= 4 is 21.4 Å². The number of amides is 1. The van der Waals surface area contributed by atoms with E-state index in [0.717, 1.165) is 5.41 Å². The average molecular weight is 284 g/mol. The van der Waals surface area contributed by atoms with Crippen LogP contribution in [-0.4, -0.2) is 33.7 Å². The first-order valence-electron chi connectivity index (χ1n) is 5.46. The molecule has 0 atom stereocenters. The van der Waals surface area contributed by atoms with Crippen LogP contribution in [0.1, 0.15) is 10.4 Å². The third-order valence-corrected chi connectivity index (χ3v) is 3.70. The van der Waals surface area contributed by atoms with Crippen LogP contribution in [0.5, 0.6) is 5.75 Å². The maximum absolute atomic E-state index is 11.8. The zero-order chi connectivity index (χ0) is 14.5. The Morgan fingerprint density at radius 1 is 1.53 bits per heavy atom. The van der Waals surface area contributed by atoms with Gasteiger partial charge in [0.2, 0.25) is 0 Å². The summed E-state index contributed by atoms with van der Waals surface area (Å²) >= 11 is 0. The van der Waals surface area contributed by atoms with Crippen LogP contribution >= 0.6 is 0 Å². The van der Waals surface area contributed by atoms with Crippen molar-refractivity contribution in [1.29, 1.82) is 0 Å². The van der Waals surface area contributed by atoms with Crippen molar-refractivity contribution in [2.24, 2.45) is 0 Å². The summed E-state index contributed by atoms with van der Waals surface area (Å²) in [6.07, 6.45) is 0. The lowest BCUT2D eigenvalue weighted by Gasteiger charge is -2.08. The van der Waals surface area contributed by atoms with Gasteiger partial charge in [0.15, 0.2) is 9.84 Å². The Balaban J connectivity index is 2.66. The van der Waals surface area contributed by atoms with Gasteiger partial charge in [-0.1, -0.05) is 6.58 Å². The lowest BCUT2D eigenvalue weighted by molar-refractivity contribution is 0.0956. The number of benzene rings is 1. The first-order chi connectivity index (χ1) is 8.89. The molecule has 0 fully saturated rings. The summed E-state index contributed by atoms with van der Waals surface area (Å²) in [6, 6.07) is 4.58. The van der Waals surface area contributed by atoms with Crippen LogP contribution in [0.2, 0.25) is 0 Å². The second-order valence-corrected chi connectivity index (χ2v) is 5.81. The Labute approximate surface area is 112 Å². The number of sulfone groups is 1. The van der Waals surface area contributed by atoms with Crippen molar-refractivity contribution in [2.75, 3.05) is 25.1 Å². The molecule has 0 aliphatic heterocycles. The molecule has 0 spiro atoms. The van der Waals surface area contributed by atoms with E-state index in [4.69, 9.17) is 10.5 Å². The minimum Gasteiger partial charge on any atom is -0.495 e. The van der Waals surface area contributed by atoms with Gasteiger partial charge in [0.25, 0.3) is 5.91 Å². The molecule has 0 unspecified atom stereocenters. The first kappa shape index (κ1) is 15.0. The molecule has 0 heterocycles. The van der Waals surface area contributed by atoms with E-state index in [-0.39, 0.29) is 12.3 Å². The van der Waals surface area contributed by atoms with Gasteiger partial charge < -0.3 is 15.8 Å². The minimum atomic E-state index is -3.31. The number of carbonyl (C=O) groups excluding carboxylic acids is 1. The van der Waals surface area contributed by atoms with Crippen LogP contribution in [0.25, 0.3) is 0 Å². The Bertz CT molecular complexity index is 581. The molecule has 0 radical (unpaired) electrons. The molecule has 0 saturated heterocycles. The highest BCUT2D eigenvalue weighted by Gasteiger charge is 2.10. The van der Waals surface area contributed by atoms with E-state index >= 15 is 0 Å². The molecule has 104 valence electrons. The zero-order valence-electron chi connectivity index (χ0n) is 10.5. The first-order valence-corrected chi connectivity index (χ1v) is 7.18. The Kier molecular flexibility index (Phi) is 4.94. The number of ether oxygens (including phenoxy) is 1. The summed E-state index contributed by atoms with van der Waals surface area (Å²) in [7, 11) is -1.86. The summed E-state index contributed by atoms with van der Waals surface area (Å²) < 4.78 is 27.3. The third-order valence-electron chi connectivity index (χ3n) is 2.42. The van der Waals surface area contributed by atoms with Crippen molar-refractivity contribution in [3.05, 3.63) is 35.7 Å². The second-order valence-electron chi connectivity index (χ2n) is 3.75. The molecule has 1 rings (SSSR count). The highest BCUT2D eigenvalue weighted by molar-refractivity contribution is 7.94. The van der Waals surface area contributed by atoms with E-state index in [2.05, 4.69) is 11.9 Å². The molecule has 0 aliphatic carbocycles. The summed E-state index contributed by atoms with van der Waals surface area (Å²) in [5, 5.41) is 3.36. The van der Waals surface area contributed by atoms with Gasteiger partial charge in [-0.15, -0.1) is 0 Å². The summed E-state index contributed by atoms with van der Waals surface area (Å²) in [5.41, 5.74) is 6.40. The number of nitrogen functional groups attached to an aromatic ring is 1. The van der Waals surface area contributed by atoms with Crippen molar-refractivity contribution < 1.29 is 17.9 Å². The number of hydrogen-bond donors (Lipinski definition) is 2. The molecule has 1 aromatic carbocycles. The van der Waals surface area contributed by atoms with Crippen LogP contribution in [0.3, 0.4) is 0 Å². The van der Waals surface area contributed by atoms with Gasteiger partial charge in [-0.05, 0) is 18.2 Å². The van der Waals surface area contributed by atoms with Crippen LogP contribution < -0.4 is 15.8 Å². The highest BCUT2D eigenvalue weighted by Crippen LogP contribution is 2.21. The lowest BCUT2D eigenvalue weighted by atomic mass is 10.2. The number of anilines is 1. The van der Waals surface area contributed by atoms with E-state index in [1.165, 1.54) is 19.2 Å². The third kappa shape index (κ3) is 4.29. The number of methoxy groups -OCH3 is 1. The molecule has 0 aromatic heterocycles. The maximum atomic E-state index is 11.8. The fourth-order valence-electron chi connectivity index (χ4n) is 1.34. The van der Waals surface area contributed by atoms with Crippen LogP contribution in [-0.2, 0) is 9.84 Å². The van der Waals surface area contributed by atoms with E-state index in [9.17, 15) is 13.2 Å². The van der Waals surface area contributed by atoms with Gasteiger partial charge in [-0.2, -0.15) is 0 Å². The fourth-order valence-corrected chi connectivity index (χ4v) is 1.90. The molecule has 6 nitrogen and oxygen atoms in total. The molecule has 19 heavy (non-hydrogen) atoms.